The van der Waals surface area contributed by atoms with Crippen LogP contribution in [0.1, 0.15) is 71.6 Å². The van der Waals surface area contributed by atoms with Gasteiger partial charge in [-0.05, 0) is 86.5 Å². The van der Waals surface area contributed by atoms with Gasteiger partial charge in [-0.1, -0.05) is 19.9 Å². The summed E-state index contributed by atoms with van der Waals surface area (Å²) in [5.74, 6) is -0.805. The number of rotatable bonds is 12. The first kappa shape index (κ1) is 51.7. The van der Waals surface area contributed by atoms with Gasteiger partial charge in [0.1, 0.15) is 97.7 Å². The first-order valence-electron chi connectivity index (χ1n) is 23.4. The van der Waals surface area contributed by atoms with E-state index in [4.69, 9.17) is 37.9 Å². The Kier molecular flexibility index (Phi) is 15.0. The number of ether oxygens (including phenoxy) is 8. The van der Waals surface area contributed by atoms with Crippen LogP contribution in [0.2, 0.25) is 0 Å². The zero-order chi connectivity index (χ0) is 48.7. The Morgan fingerprint density at radius 3 is 1.57 bits per heavy atom. The minimum atomic E-state index is -1.95. The topological polar surface area (TPSA) is 374 Å². The number of aliphatic hydroxyl groups excluding tert-OH is 14. The minimum absolute atomic E-state index is 0.0251. The molecule has 0 unspecified atom stereocenters. The van der Waals surface area contributed by atoms with Crippen LogP contribution in [0.5, 0.6) is 0 Å². The van der Waals surface area contributed by atoms with E-state index in [1.807, 2.05) is 6.92 Å². The molecule has 0 aromatic rings. The Hall–Kier alpha value is -1.63. The molecule has 23 nitrogen and oxygen atoms in total. The average Bonchev–Trinajstić information content (AvgIpc) is 3.50. The third-order valence-corrected chi connectivity index (χ3v) is 17.1. The van der Waals surface area contributed by atoms with Crippen LogP contribution in [0.3, 0.4) is 0 Å². The summed E-state index contributed by atoms with van der Waals surface area (Å²) in [6.07, 6.45) is -29.1. The highest BCUT2D eigenvalue weighted by Crippen LogP contribution is 2.74. The standard InChI is InChI=1S/C44H70O23/c1-17-11-43-9-5-22-41(2,7-4-8-42(22,3)40(59)66-38-33(58)30(55)26(51)20(14-47)62-38)23(43)6-10-44(17,16-43)67-39-35(65-37-32(57)29(54)25(50)19(13-46)61-37)34(27(52)21(15-48)63-39)64-36-31(56)28(53)24(49)18(12-45)60-36/h18-39,45-58H,1,4-16H2,2-3H3/t18-,19-,20-,21-,22-,23-,24-,25-,26-,27-,28+,29+,30+,31-,32-,33-,34+,35-,36+,37+,38+,39+,41-,42-,43-,44+/m1/s1. The van der Waals surface area contributed by atoms with E-state index in [1.54, 1.807) is 0 Å². The van der Waals surface area contributed by atoms with E-state index >= 15 is 0 Å². The summed E-state index contributed by atoms with van der Waals surface area (Å²) < 4.78 is 48.2. The average molecular weight is 967 g/mol. The molecule has 4 heterocycles. The third-order valence-electron chi connectivity index (χ3n) is 17.1. The summed E-state index contributed by atoms with van der Waals surface area (Å²) in [7, 11) is 0. The summed E-state index contributed by atoms with van der Waals surface area (Å²) in [6.45, 7) is 5.41. The first-order chi connectivity index (χ1) is 31.6. The molecule has 23 heteroatoms. The molecule has 4 aliphatic carbocycles. The second-order valence-electron chi connectivity index (χ2n) is 20.8. The van der Waals surface area contributed by atoms with Crippen molar-refractivity contribution in [1.29, 1.82) is 0 Å². The monoisotopic (exact) mass is 966 g/mol. The van der Waals surface area contributed by atoms with Gasteiger partial charge in [0.2, 0.25) is 6.29 Å². The van der Waals surface area contributed by atoms with Crippen molar-refractivity contribution in [3.8, 4) is 0 Å². The van der Waals surface area contributed by atoms with Crippen LogP contribution in [-0.2, 0) is 42.7 Å². The maximum Gasteiger partial charge on any atom is 0.314 e. The molecule has 67 heavy (non-hydrogen) atoms. The van der Waals surface area contributed by atoms with Gasteiger partial charge in [-0.2, -0.15) is 0 Å². The quantitative estimate of drug-likeness (QED) is 0.0494. The van der Waals surface area contributed by atoms with Gasteiger partial charge in [0.05, 0.1) is 37.4 Å². The molecule has 8 aliphatic rings. The van der Waals surface area contributed by atoms with Crippen molar-refractivity contribution in [1.82, 2.24) is 0 Å². The van der Waals surface area contributed by atoms with Crippen molar-refractivity contribution in [2.45, 2.75) is 200 Å². The molecule has 14 N–H and O–H groups in total. The second kappa shape index (κ2) is 19.4. The Balaban J connectivity index is 1.06. The number of aliphatic hydroxyl groups is 14. The number of esters is 1. The normalized spacial score (nSPS) is 54.5. The second-order valence-corrected chi connectivity index (χ2v) is 20.8. The van der Waals surface area contributed by atoms with Gasteiger partial charge in [0, 0.05) is 0 Å². The van der Waals surface area contributed by atoms with Crippen molar-refractivity contribution in [2.24, 2.45) is 28.1 Å². The van der Waals surface area contributed by atoms with Crippen molar-refractivity contribution in [3.05, 3.63) is 12.2 Å². The fourth-order valence-electron chi connectivity index (χ4n) is 13.5. The zero-order valence-corrected chi connectivity index (χ0v) is 37.5. The number of hydrogen-bond donors (Lipinski definition) is 14. The van der Waals surface area contributed by atoms with Crippen LogP contribution < -0.4 is 0 Å². The molecule has 4 aliphatic heterocycles. The van der Waals surface area contributed by atoms with E-state index in [0.717, 1.165) is 6.42 Å². The molecule has 0 aromatic carbocycles. The minimum Gasteiger partial charge on any atom is -0.432 e. The molecule has 0 aromatic heterocycles. The van der Waals surface area contributed by atoms with Gasteiger partial charge in [0.25, 0.3) is 0 Å². The van der Waals surface area contributed by atoms with Gasteiger partial charge in [-0.3, -0.25) is 4.79 Å². The molecule has 384 valence electrons. The Bertz CT molecular complexity index is 1760. The predicted octanol–water partition coefficient (Wildman–Crippen LogP) is -5.11. The molecule has 0 amide bonds. The molecular weight excluding hydrogens is 896 g/mol. The number of carbonyl (C=O) groups excluding carboxylic acids is 1. The van der Waals surface area contributed by atoms with E-state index < -0.39 is 177 Å². The SMILES string of the molecule is C=C1C[C@@]23CC[C@@H]4[C@@](C)(CCC[C@@]4(C)C(=O)O[C@@H]4O[C@H](CO)[C@@H](O)[C@H](O)[C@H]4O)[C@H]2CC[C@]1(O[C@@H]1O[C@H](CO)[C@@H](O)[C@H](O[C@@H]2O[C@H](CO)[C@@H](O)[C@H](O)[C@H]2O)[C@H]1O[C@@H]1O[C@H](CO)[C@@H](O)[C@H](O)[C@H]1O)C3. The van der Waals surface area contributed by atoms with Crippen molar-refractivity contribution >= 4 is 5.97 Å². The van der Waals surface area contributed by atoms with Gasteiger partial charge in [-0.15, -0.1) is 0 Å². The maximum absolute atomic E-state index is 14.3. The number of carbonyl (C=O) groups is 1. The first-order valence-corrected chi connectivity index (χ1v) is 23.4. The molecule has 2 bridgehead atoms. The van der Waals surface area contributed by atoms with Crippen LogP contribution in [-0.4, -0.2) is 232 Å². The Morgan fingerprint density at radius 1 is 0.567 bits per heavy atom. The van der Waals surface area contributed by atoms with Crippen molar-refractivity contribution < 1.29 is 114 Å². The Labute approximate surface area is 386 Å². The summed E-state index contributed by atoms with van der Waals surface area (Å²) in [4.78, 5) is 14.3. The van der Waals surface area contributed by atoms with Crippen molar-refractivity contribution in [2.75, 3.05) is 26.4 Å². The molecule has 26 atom stereocenters. The van der Waals surface area contributed by atoms with Crippen LogP contribution in [0, 0.1) is 28.1 Å². The summed E-state index contributed by atoms with van der Waals surface area (Å²) in [5, 5.41) is 148. The highest BCUT2D eigenvalue weighted by molar-refractivity contribution is 5.77. The van der Waals surface area contributed by atoms with Crippen LogP contribution in [0.15, 0.2) is 12.2 Å². The van der Waals surface area contributed by atoms with Gasteiger partial charge in [-0.25, -0.2) is 0 Å². The molecule has 8 rings (SSSR count). The van der Waals surface area contributed by atoms with Crippen LogP contribution >= 0.6 is 0 Å². The fraction of sp³-hybridized carbons (Fsp3) is 0.932. The summed E-state index contributed by atoms with van der Waals surface area (Å²) >= 11 is 0. The number of fused-ring (bicyclic) bond motifs is 3. The van der Waals surface area contributed by atoms with E-state index in [1.165, 1.54) is 0 Å². The zero-order valence-electron chi connectivity index (χ0n) is 37.5. The number of hydrogen-bond acceptors (Lipinski definition) is 23. The van der Waals surface area contributed by atoms with Crippen LogP contribution in [0.25, 0.3) is 0 Å². The Morgan fingerprint density at radius 2 is 1.03 bits per heavy atom. The molecular formula is C44H70O23. The molecule has 0 radical (unpaired) electrons. The molecule has 4 saturated carbocycles. The van der Waals surface area contributed by atoms with E-state index in [9.17, 15) is 76.3 Å². The fourth-order valence-corrected chi connectivity index (χ4v) is 13.5. The lowest BCUT2D eigenvalue weighted by atomic mass is 9.41. The molecule has 1 spiro atoms. The van der Waals surface area contributed by atoms with E-state index in [0.29, 0.717) is 56.9 Å². The predicted molar refractivity (Wildman–Crippen MR) is 219 cm³/mol. The van der Waals surface area contributed by atoms with Gasteiger partial charge in [0.15, 0.2) is 18.9 Å². The molecule has 4 saturated heterocycles. The van der Waals surface area contributed by atoms with E-state index in [-0.39, 0.29) is 11.8 Å². The van der Waals surface area contributed by atoms with Gasteiger partial charge >= 0.3 is 5.97 Å². The van der Waals surface area contributed by atoms with Gasteiger partial charge < -0.3 is 109 Å². The molecule has 8 fully saturated rings. The summed E-state index contributed by atoms with van der Waals surface area (Å²) in [5.41, 5.74) is -2.33. The van der Waals surface area contributed by atoms with Crippen molar-refractivity contribution in [3.63, 3.8) is 0 Å². The lowest BCUT2D eigenvalue weighted by molar-refractivity contribution is -0.400. The largest absolute Gasteiger partial charge is 0.432 e. The highest BCUT2D eigenvalue weighted by Gasteiger charge is 2.70. The third kappa shape index (κ3) is 8.63. The highest BCUT2D eigenvalue weighted by atomic mass is 16.8. The smallest absolute Gasteiger partial charge is 0.314 e. The lowest BCUT2D eigenvalue weighted by Gasteiger charge is -2.64. The lowest BCUT2D eigenvalue weighted by Crippen LogP contribution is -2.68. The summed E-state index contributed by atoms with van der Waals surface area (Å²) in [6, 6.07) is 0. The van der Waals surface area contributed by atoms with E-state index in [2.05, 4.69) is 13.5 Å². The maximum atomic E-state index is 14.3. The van der Waals surface area contributed by atoms with Crippen LogP contribution in [0.4, 0.5) is 0 Å².